The molecule has 1 N–H and O–H groups in total. The first-order valence-electron chi connectivity index (χ1n) is 12.9. The molecule has 0 heterocycles. The van der Waals surface area contributed by atoms with Crippen LogP contribution in [0.25, 0.3) is 0 Å². The van der Waals surface area contributed by atoms with Gasteiger partial charge in [0.25, 0.3) is 0 Å². The molecule has 1 saturated carbocycles. The van der Waals surface area contributed by atoms with Crippen molar-refractivity contribution in [2.45, 2.75) is 64.6 Å². The van der Waals surface area contributed by atoms with Crippen molar-refractivity contribution in [2.75, 3.05) is 31.3 Å². The van der Waals surface area contributed by atoms with E-state index in [2.05, 4.69) is 5.32 Å². The third kappa shape index (κ3) is 7.40. The summed E-state index contributed by atoms with van der Waals surface area (Å²) in [5, 5.41) is 3.11. The lowest BCUT2D eigenvalue weighted by Crippen LogP contribution is -2.53. The predicted octanol–water partition coefficient (Wildman–Crippen LogP) is 3.64. The number of methoxy groups -OCH3 is 2. The molecule has 1 fully saturated rings. The smallest absolute Gasteiger partial charge is 0.244 e. The van der Waals surface area contributed by atoms with Crippen molar-refractivity contribution in [3.63, 3.8) is 0 Å². The van der Waals surface area contributed by atoms with Gasteiger partial charge >= 0.3 is 0 Å². The minimum Gasteiger partial charge on any atom is -0.497 e. The molecule has 10 heteroatoms. The van der Waals surface area contributed by atoms with Crippen molar-refractivity contribution in [1.82, 2.24) is 10.2 Å². The number of hydrogen-bond donors (Lipinski definition) is 1. The van der Waals surface area contributed by atoms with Crippen LogP contribution in [-0.4, -0.2) is 64.2 Å². The second kappa shape index (κ2) is 13.0. The Morgan fingerprint density at radius 3 is 2.39 bits per heavy atom. The summed E-state index contributed by atoms with van der Waals surface area (Å²) in [5.41, 5.74) is 1.86. The number of hydrogen-bond acceptors (Lipinski definition) is 6. The number of ether oxygens (including phenoxy) is 2. The second-order valence-corrected chi connectivity index (χ2v) is 11.6. The third-order valence-electron chi connectivity index (χ3n) is 6.86. The fourth-order valence-corrected chi connectivity index (χ4v) is 5.69. The Balaban J connectivity index is 1.98. The van der Waals surface area contributed by atoms with Crippen molar-refractivity contribution in [1.29, 1.82) is 0 Å². The van der Waals surface area contributed by atoms with Crippen LogP contribution >= 0.6 is 0 Å². The molecule has 9 nitrogen and oxygen atoms in total. The zero-order chi connectivity index (χ0) is 27.9. The molecular formula is C28H39N3O6S. The van der Waals surface area contributed by atoms with E-state index in [0.29, 0.717) is 17.9 Å². The van der Waals surface area contributed by atoms with Crippen molar-refractivity contribution in [3.05, 3.63) is 53.6 Å². The number of rotatable bonds is 12. The van der Waals surface area contributed by atoms with E-state index in [-0.39, 0.29) is 24.2 Å². The molecule has 0 aliphatic heterocycles. The van der Waals surface area contributed by atoms with Crippen LogP contribution in [0.4, 0.5) is 5.69 Å². The topological polar surface area (TPSA) is 105 Å². The molecule has 1 atom stereocenters. The minimum absolute atomic E-state index is 0.0920. The van der Waals surface area contributed by atoms with Gasteiger partial charge < -0.3 is 19.7 Å². The number of aryl methyl sites for hydroxylation is 1. The lowest BCUT2D eigenvalue weighted by Gasteiger charge is -2.33. The molecule has 38 heavy (non-hydrogen) atoms. The Morgan fingerprint density at radius 1 is 1.08 bits per heavy atom. The molecule has 1 unspecified atom stereocenters. The molecule has 0 spiro atoms. The quantitative estimate of drug-likeness (QED) is 0.437. The van der Waals surface area contributed by atoms with E-state index in [1.165, 1.54) is 12.0 Å². The Bertz CT molecular complexity index is 1230. The normalized spacial score (nSPS) is 14.6. The van der Waals surface area contributed by atoms with E-state index in [0.717, 1.165) is 47.4 Å². The monoisotopic (exact) mass is 545 g/mol. The van der Waals surface area contributed by atoms with Gasteiger partial charge in [0.05, 0.1) is 26.2 Å². The van der Waals surface area contributed by atoms with Crippen LogP contribution in [0, 0.1) is 6.92 Å². The number of amides is 2. The van der Waals surface area contributed by atoms with Gasteiger partial charge in [-0.2, -0.15) is 0 Å². The largest absolute Gasteiger partial charge is 0.497 e. The van der Waals surface area contributed by atoms with Gasteiger partial charge in [-0.3, -0.25) is 13.9 Å². The van der Waals surface area contributed by atoms with Gasteiger partial charge in [-0.1, -0.05) is 38.0 Å². The molecule has 0 aromatic heterocycles. The van der Waals surface area contributed by atoms with E-state index in [9.17, 15) is 18.0 Å². The van der Waals surface area contributed by atoms with Crippen LogP contribution in [0.3, 0.4) is 0 Å². The molecular weight excluding hydrogens is 506 g/mol. The zero-order valence-corrected chi connectivity index (χ0v) is 23.7. The molecule has 0 bridgehead atoms. The Kier molecular flexibility index (Phi) is 10.0. The molecule has 0 saturated heterocycles. The van der Waals surface area contributed by atoms with Crippen molar-refractivity contribution < 1.29 is 27.5 Å². The first-order chi connectivity index (χ1) is 18.1. The molecule has 0 radical (unpaired) electrons. The molecule has 2 amide bonds. The second-order valence-electron chi connectivity index (χ2n) is 9.73. The molecule has 208 valence electrons. The molecule has 1 aliphatic rings. The minimum atomic E-state index is -3.87. The number of benzene rings is 2. The summed E-state index contributed by atoms with van der Waals surface area (Å²) in [6, 6.07) is 11.7. The van der Waals surface area contributed by atoms with Crippen LogP contribution in [0.15, 0.2) is 42.5 Å². The van der Waals surface area contributed by atoms with Gasteiger partial charge in [-0.25, -0.2) is 8.42 Å². The van der Waals surface area contributed by atoms with Crippen molar-refractivity contribution in [2.24, 2.45) is 0 Å². The Morgan fingerprint density at radius 2 is 1.79 bits per heavy atom. The number of nitrogens with one attached hydrogen (secondary N) is 1. The fraction of sp³-hybridized carbons (Fsp3) is 0.500. The fourth-order valence-electron chi connectivity index (χ4n) is 4.84. The number of nitrogens with zero attached hydrogens (tertiary/aromatic N) is 2. The van der Waals surface area contributed by atoms with Crippen molar-refractivity contribution >= 4 is 27.5 Å². The first-order valence-corrected chi connectivity index (χ1v) is 14.8. The highest BCUT2D eigenvalue weighted by Gasteiger charge is 2.33. The highest BCUT2D eigenvalue weighted by molar-refractivity contribution is 7.92. The number of anilines is 1. The van der Waals surface area contributed by atoms with Gasteiger partial charge in [0.1, 0.15) is 24.1 Å². The maximum atomic E-state index is 13.9. The molecule has 2 aromatic carbocycles. The lowest BCUT2D eigenvalue weighted by atomic mass is 10.1. The molecule has 3 rings (SSSR count). The summed E-state index contributed by atoms with van der Waals surface area (Å²) in [6.45, 7) is 3.33. The van der Waals surface area contributed by atoms with Gasteiger partial charge in [0, 0.05) is 12.6 Å². The van der Waals surface area contributed by atoms with E-state index in [4.69, 9.17) is 9.47 Å². The van der Waals surface area contributed by atoms with Crippen LogP contribution in [0.1, 0.15) is 50.2 Å². The average molecular weight is 546 g/mol. The summed E-state index contributed by atoms with van der Waals surface area (Å²) in [5.74, 6) is 0.240. The standard InChI is InChI=1S/C28H39N3O6S/c1-6-24(28(33)29-22-11-7-8-12-22)30(18-21-10-9-13-23(17-21)36-3)27(32)19-31(38(5,34)35)25-16-20(2)14-15-26(25)37-4/h9-10,13-17,22,24H,6-8,11-12,18-19H2,1-5H3,(H,29,33). The van der Waals surface area contributed by atoms with E-state index >= 15 is 0 Å². The van der Waals surface area contributed by atoms with Gasteiger partial charge in [0.15, 0.2) is 0 Å². The summed E-state index contributed by atoms with van der Waals surface area (Å²) in [4.78, 5) is 28.8. The first kappa shape index (κ1) is 29.3. The Hall–Kier alpha value is -3.27. The summed E-state index contributed by atoms with van der Waals surface area (Å²) in [6.07, 6.45) is 5.40. The van der Waals surface area contributed by atoms with E-state index in [1.54, 1.807) is 37.4 Å². The summed E-state index contributed by atoms with van der Waals surface area (Å²) in [7, 11) is -0.854. The van der Waals surface area contributed by atoms with Crippen LogP contribution in [0.2, 0.25) is 0 Å². The van der Waals surface area contributed by atoms with Crippen molar-refractivity contribution in [3.8, 4) is 11.5 Å². The number of sulfonamides is 1. The molecule has 2 aromatic rings. The maximum Gasteiger partial charge on any atom is 0.244 e. The van der Waals surface area contributed by atoms with Gasteiger partial charge in [-0.15, -0.1) is 0 Å². The van der Waals surface area contributed by atoms with Crippen LogP contribution in [-0.2, 0) is 26.2 Å². The summed E-state index contributed by atoms with van der Waals surface area (Å²) >= 11 is 0. The summed E-state index contributed by atoms with van der Waals surface area (Å²) < 4.78 is 37.6. The highest BCUT2D eigenvalue weighted by Crippen LogP contribution is 2.31. The molecule has 1 aliphatic carbocycles. The van der Waals surface area contributed by atoms with Gasteiger partial charge in [0.2, 0.25) is 21.8 Å². The Labute approximate surface area is 226 Å². The van der Waals surface area contributed by atoms with Gasteiger partial charge in [-0.05, 0) is 61.6 Å². The number of carbonyl (C=O) groups is 2. The predicted molar refractivity (Wildman–Crippen MR) is 148 cm³/mol. The SMILES string of the molecule is CCC(C(=O)NC1CCCC1)N(Cc1cccc(OC)c1)C(=O)CN(c1cc(C)ccc1OC)S(C)(=O)=O. The highest BCUT2D eigenvalue weighted by atomic mass is 32.2. The van der Waals surface area contributed by atoms with E-state index in [1.807, 2.05) is 26.0 Å². The van der Waals surface area contributed by atoms with E-state index < -0.39 is 28.5 Å². The maximum absolute atomic E-state index is 13.9. The average Bonchev–Trinajstić information content (AvgIpc) is 3.39. The lowest BCUT2D eigenvalue weighted by molar-refractivity contribution is -0.140. The third-order valence-corrected chi connectivity index (χ3v) is 7.98. The zero-order valence-electron chi connectivity index (χ0n) is 22.9. The van der Waals surface area contributed by atoms with Crippen LogP contribution in [0.5, 0.6) is 11.5 Å². The van der Waals surface area contributed by atoms with Crippen LogP contribution < -0.4 is 19.1 Å². The number of carbonyl (C=O) groups excluding carboxylic acids is 2.